The molecule has 0 saturated carbocycles. The van der Waals surface area contributed by atoms with Crippen LogP contribution < -0.4 is 16.4 Å². The molecule has 7 nitrogen and oxygen atoms in total. The second kappa shape index (κ2) is 6.56. The maximum Gasteiger partial charge on any atom is 0.251 e. The summed E-state index contributed by atoms with van der Waals surface area (Å²) in [6.07, 6.45) is 1.57. The second-order valence-corrected chi connectivity index (χ2v) is 4.45. The highest BCUT2D eigenvalue weighted by Gasteiger charge is 2.08. The minimum atomic E-state index is -0.336. The summed E-state index contributed by atoms with van der Waals surface area (Å²) in [5, 5.41) is 5.12. The Morgan fingerprint density at radius 1 is 1.24 bits per heavy atom. The van der Waals surface area contributed by atoms with Crippen LogP contribution >= 0.6 is 0 Å². The maximum atomic E-state index is 11.8. The lowest BCUT2D eigenvalue weighted by atomic mass is 10.2. The Kier molecular flexibility index (Phi) is 4.55. The van der Waals surface area contributed by atoms with E-state index in [0.29, 0.717) is 22.9 Å². The lowest BCUT2D eigenvalue weighted by Crippen LogP contribution is -2.36. The van der Waals surface area contributed by atoms with Crippen LogP contribution in [0.4, 0.5) is 5.69 Å². The van der Waals surface area contributed by atoms with E-state index in [9.17, 15) is 9.59 Å². The van der Waals surface area contributed by atoms with E-state index in [1.807, 2.05) is 0 Å². The Bertz CT molecular complexity index is 634. The minimum Gasteiger partial charge on any atom is -0.444 e. The molecule has 0 aliphatic rings. The predicted molar refractivity (Wildman–Crippen MR) is 76.3 cm³/mol. The van der Waals surface area contributed by atoms with E-state index in [1.165, 1.54) is 0 Å². The maximum absolute atomic E-state index is 11.8. The molecule has 4 N–H and O–H groups in total. The third-order valence-electron chi connectivity index (χ3n) is 2.69. The first-order valence-electron chi connectivity index (χ1n) is 6.36. The van der Waals surface area contributed by atoms with E-state index in [-0.39, 0.29) is 24.9 Å². The van der Waals surface area contributed by atoms with Gasteiger partial charge in [-0.15, -0.1) is 0 Å². The van der Waals surface area contributed by atoms with Crippen LogP contribution in [-0.4, -0.2) is 23.3 Å². The molecule has 2 aromatic rings. The number of nitrogens with two attached hydrogens (primary N) is 1. The smallest absolute Gasteiger partial charge is 0.251 e. The van der Waals surface area contributed by atoms with E-state index in [4.69, 9.17) is 10.2 Å². The molecular weight excluding hydrogens is 272 g/mol. The van der Waals surface area contributed by atoms with Gasteiger partial charge in [-0.3, -0.25) is 9.59 Å². The van der Waals surface area contributed by atoms with Crippen LogP contribution in [0.15, 0.2) is 34.9 Å². The number of anilines is 1. The zero-order valence-electron chi connectivity index (χ0n) is 11.6. The molecule has 0 aliphatic carbocycles. The Labute approximate surface area is 121 Å². The summed E-state index contributed by atoms with van der Waals surface area (Å²) < 4.78 is 5.21. The van der Waals surface area contributed by atoms with Gasteiger partial charge in [0.1, 0.15) is 5.76 Å². The van der Waals surface area contributed by atoms with Gasteiger partial charge in [-0.2, -0.15) is 0 Å². The van der Waals surface area contributed by atoms with Crippen molar-refractivity contribution in [1.29, 1.82) is 0 Å². The summed E-state index contributed by atoms with van der Waals surface area (Å²) in [4.78, 5) is 27.3. The van der Waals surface area contributed by atoms with Crippen molar-refractivity contribution in [1.82, 2.24) is 15.6 Å². The molecule has 2 amide bonds. The third-order valence-corrected chi connectivity index (χ3v) is 2.69. The summed E-state index contributed by atoms with van der Waals surface area (Å²) in [5.41, 5.74) is 6.55. The van der Waals surface area contributed by atoms with Gasteiger partial charge in [0.05, 0.1) is 19.3 Å². The van der Waals surface area contributed by atoms with Crippen molar-refractivity contribution >= 4 is 17.5 Å². The number of oxazole rings is 1. The molecule has 0 bridgehead atoms. The lowest BCUT2D eigenvalue weighted by Gasteiger charge is -2.06. The molecule has 0 aliphatic heterocycles. The number of nitrogens with one attached hydrogen (secondary N) is 2. The van der Waals surface area contributed by atoms with Gasteiger partial charge in [0.15, 0.2) is 0 Å². The summed E-state index contributed by atoms with van der Waals surface area (Å²) >= 11 is 0. The number of rotatable bonds is 5. The van der Waals surface area contributed by atoms with Gasteiger partial charge in [0.2, 0.25) is 11.8 Å². The summed E-state index contributed by atoms with van der Waals surface area (Å²) in [5.74, 6) is 0.438. The van der Waals surface area contributed by atoms with Crippen molar-refractivity contribution in [3.8, 4) is 0 Å². The van der Waals surface area contributed by atoms with Crippen molar-refractivity contribution in [2.45, 2.75) is 13.5 Å². The predicted octanol–water partition coefficient (Wildman–Crippen LogP) is 0.611. The van der Waals surface area contributed by atoms with Crippen LogP contribution in [0.2, 0.25) is 0 Å². The van der Waals surface area contributed by atoms with Crippen molar-refractivity contribution in [2.24, 2.45) is 0 Å². The molecule has 1 aromatic carbocycles. The van der Waals surface area contributed by atoms with Crippen LogP contribution in [0.5, 0.6) is 0 Å². The number of nitrogens with zero attached hydrogens (tertiary/aromatic N) is 1. The highest BCUT2D eigenvalue weighted by molar-refractivity contribution is 5.96. The molecule has 1 aromatic heterocycles. The number of hydrogen-bond donors (Lipinski definition) is 3. The summed E-state index contributed by atoms with van der Waals surface area (Å²) in [7, 11) is 0. The molecule has 1 heterocycles. The monoisotopic (exact) mass is 288 g/mol. The normalized spacial score (nSPS) is 10.1. The van der Waals surface area contributed by atoms with E-state index in [2.05, 4.69) is 15.6 Å². The van der Waals surface area contributed by atoms with Gasteiger partial charge in [-0.1, -0.05) is 0 Å². The molecule has 7 heteroatoms. The Hall–Kier alpha value is -2.83. The van der Waals surface area contributed by atoms with Crippen LogP contribution in [0.25, 0.3) is 0 Å². The number of aromatic nitrogens is 1. The van der Waals surface area contributed by atoms with Gasteiger partial charge >= 0.3 is 0 Å². The van der Waals surface area contributed by atoms with Crippen LogP contribution in [-0.2, 0) is 11.3 Å². The molecular formula is C14H16N4O3. The zero-order chi connectivity index (χ0) is 15.2. The van der Waals surface area contributed by atoms with Crippen LogP contribution in [0.1, 0.15) is 22.0 Å². The minimum absolute atomic E-state index is 0.122. The molecule has 110 valence electrons. The zero-order valence-corrected chi connectivity index (χ0v) is 11.6. The first-order valence-corrected chi connectivity index (χ1v) is 6.36. The number of benzene rings is 1. The van der Waals surface area contributed by atoms with E-state index < -0.39 is 0 Å². The Balaban J connectivity index is 1.75. The average molecular weight is 288 g/mol. The van der Waals surface area contributed by atoms with Crippen LogP contribution in [0.3, 0.4) is 0 Å². The van der Waals surface area contributed by atoms with Crippen LogP contribution in [0, 0.1) is 6.92 Å². The molecule has 0 fully saturated rings. The molecule has 0 unspecified atom stereocenters. The molecule has 0 radical (unpaired) electrons. The highest BCUT2D eigenvalue weighted by Crippen LogP contribution is 2.05. The highest BCUT2D eigenvalue weighted by atomic mass is 16.4. The van der Waals surface area contributed by atoms with Crippen molar-refractivity contribution in [3.05, 3.63) is 47.7 Å². The third kappa shape index (κ3) is 4.34. The summed E-state index contributed by atoms with van der Waals surface area (Å²) in [6, 6.07) is 6.44. The number of aryl methyl sites for hydroxylation is 1. The second-order valence-electron chi connectivity index (χ2n) is 4.45. The first-order chi connectivity index (χ1) is 10.0. The largest absolute Gasteiger partial charge is 0.444 e. The number of carbonyl (C=O) groups excluding carboxylic acids is 2. The number of amides is 2. The fourth-order valence-corrected chi connectivity index (χ4v) is 1.62. The van der Waals surface area contributed by atoms with Gasteiger partial charge in [-0.05, 0) is 31.2 Å². The SMILES string of the molecule is Cc1cnc(CNC(=O)CNC(=O)c2ccc(N)cc2)o1. The number of hydrogen-bond acceptors (Lipinski definition) is 5. The molecule has 0 atom stereocenters. The molecule has 0 spiro atoms. The van der Waals surface area contributed by atoms with E-state index in [0.717, 1.165) is 0 Å². The van der Waals surface area contributed by atoms with Crippen molar-refractivity contribution in [2.75, 3.05) is 12.3 Å². The summed E-state index contributed by atoms with van der Waals surface area (Å²) in [6.45, 7) is 1.83. The lowest BCUT2D eigenvalue weighted by molar-refractivity contribution is -0.120. The number of carbonyl (C=O) groups is 2. The average Bonchev–Trinajstić information content (AvgIpc) is 2.89. The van der Waals surface area contributed by atoms with Gasteiger partial charge < -0.3 is 20.8 Å². The topological polar surface area (TPSA) is 110 Å². The molecule has 2 rings (SSSR count). The van der Waals surface area contributed by atoms with Crippen molar-refractivity contribution in [3.63, 3.8) is 0 Å². The molecule has 0 saturated heterocycles. The quantitative estimate of drug-likeness (QED) is 0.698. The van der Waals surface area contributed by atoms with Crippen molar-refractivity contribution < 1.29 is 14.0 Å². The Morgan fingerprint density at radius 2 is 1.95 bits per heavy atom. The first kappa shape index (κ1) is 14.6. The number of nitrogen functional groups attached to an aromatic ring is 1. The van der Waals surface area contributed by atoms with Gasteiger partial charge in [-0.25, -0.2) is 4.98 Å². The van der Waals surface area contributed by atoms with Gasteiger partial charge in [0.25, 0.3) is 5.91 Å². The fraction of sp³-hybridized carbons (Fsp3) is 0.214. The van der Waals surface area contributed by atoms with E-state index in [1.54, 1.807) is 37.4 Å². The Morgan fingerprint density at radius 3 is 2.57 bits per heavy atom. The van der Waals surface area contributed by atoms with E-state index >= 15 is 0 Å². The van der Waals surface area contributed by atoms with Gasteiger partial charge in [0, 0.05) is 11.3 Å². The molecule has 21 heavy (non-hydrogen) atoms. The standard InChI is InChI=1S/C14H16N4O3/c1-9-6-17-13(21-9)8-16-12(19)7-18-14(20)10-2-4-11(15)5-3-10/h2-6H,7-8,15H2,1H3,(H,16,19)(H,18,20). The fourth-order valence-electron chi connectivity index (χ4n) is 1.62.